The van der Waals surface area contributed by atoms with Crippen molar-refractivity contribution in [3.05, 3.63) is 35.3 Å². The predicted octanol–water partition coefficient (Wildman–Crippen LogP) is 1.37. The number of fused-ring (bicyclic) bond motifs is 3. The van der Waals surface area contributed by atoms with Crippen molar-refractivity contribution in [3.8, 4) is 11.3 Å². The number of halogens is 1. The Labute approximate surface area is 173 Å². The number of ether oxygens (including phenoxy) is 1. The minimum atomic E-state index is -3.93. The Balaban J connectivity index is 1.71. The Morgan fingerprint density at radius 2 is 2.07 bits per heavy atom. The zero-order chi connectivity index (χ0) is 20.9. The summed E-state index contributed by atoms with van der Waals surface area (Å²) in [6, 6.07) is 4.23. The van der Waals surface area contributed by atoms with E-state index in [-0.39, 0.29) is 28.1 Å². The van der Waals surface area contributed by atoms with Crippen LogP contribution in [0.1, 0.15) is 34.9 Å². The number of piperidine rings is 1. The molecule has 8 nitrogen and oxygen atoms in total. The topological polar surface area (TPSA) is 93.5 Å². The lowest BCUT2D eigenvalue weighted by atomic mass is 10.0. The number of rotatable bonds is 2. The van der Waals surface area contributed by atoms with Gasteiger partial charge in [-0.25, -0.2) is 12.8 Å². The largest absolute Gasteiger partial charge is 0.378 e. The third kappa shape index (κ3) is 3.14. The van der Waals surface area contributed by atoms with E-state index in [1.807, 2.05) is 0 Å². The van der Waals surface area contributed by atoms with Gasteiger partial charge in [0.25, 0.3) is 5.91 Å². The lowest BCUT2D eigenvalue weighted by Gasteiger charge is -2.27. The lowest BCUT2D eigenvalue weighted by Crippen LogP contribution is -2.41. The molecule has 0 aliphatic carbocycles. The second-order valence-corrected chi connectivity index (χ2v) is 9.83. The third-order valence-electron chi connectivity index (χ3n) is 5.99. The van der Waals surface area contributed by atoms with Gasteiger partial charge >= 0.3 is 0 Å². The smallest absolute Gasteiger partial charge is 0.274 e. The monoisotopic (exact) mass is 434 g/mol. The number of amides is 1. The van der Waals surface area contributed by atoms with Crippen molar-refractivity contribution in [3.63, 3.8) is 0 Å². The van der Waals surface area contributed by atoms with Gasteiger partial charge in [-0.2, -0.15) is 5.10 Å². The van der Waals surface area contributed by atoms with Crippen molar-refractivity contribution in [1.82, 2.24) is 20.0 Å². The molecule has 0 spiro atoms. The van der Waals surface area contributed by atoms with Crippen molar-refractivity contribution >= 4 is 15.7 Å². The minimum absolute atomic E-state index is 0.0318. The molecule has 5 rings (SSSR count). The van der Waals surface area contributed by atoms with E-state index in [2.05, 4.69) is 10.4 Å². The van der Waals surface area contributed by atoms with Crippen LogP contribution in [-0.4, -0.2) is 68.4 Å². The summed E-state index contributed by atoms with van der Waals surface area (Å²) in [6.45, 7) is 3.31. The highest BCUT2D eigenvalue weighted by atomic mass is 32.2. The molecule has 1 atom stereocenters. The molecule has 4 heterocycles. The molecule has 30 heavy (non-hydrogen) atoms. The molecule has 0 saturated carbocycles. The van der Waals surface area contributed by atoms with Gasteiger partial charge < -0.3 is 15.0 Å². The highest BCUT2D eigenvalue weighted by Crippen LogP contribution is 2.42. The Morgan fingerprint density at radius 3 is 2.80 bits per heavy atom. The first-order valence-corrected chi connectivity index (χ1v) is 11.8. The van der Waals surface area contributed by atoms with Crippen LogP contribution in [0.15, 0.2) is 23.1 Å². The van der Waals surface area contributed by atoms with Gasteiger partial charge in [0.1, 0.15) is 10.7 Å². The number of sulfone groups is 1. The molecular formula is C20H23FN4O4S. The maximum atomic E-state index is 14.6. The molecule has 10 heteroatoms. The predicted molar refractivity (Wildman–Crippen MR) is 106 cm³/mol. The van der Waals surface area contributed by atoms with Crippen LogP contribution in [-0.2, 0) is 20.3 Å². The quantitative estimate of drug-likeness (QED) is 0.768. The Kier molecular flexibility index (Phi) is 4.87. The highest BCUT2D eigenvalue weighted by Gasteiger charge is 2.39. The number of carbonyl (C=O) groups is 1. The summed E-state index contributed by atoms with van der Waals surface area (Å²) >= 11 is 0. The number of benzene rings is 1. The molecule has 1 N–H and O–H groups in total. The summed E-state index contributed by atoms with van der Waals surface area (Å²) in [5.41, 5.74) is 1.35. The zero-order valence-electron chi connectivity index (χ0n) is 16.4. The molecule has 1 aromatic heterocycles. The van der Waals surface area contributed by atoms with Crippen LogP contribution in [0, 0.1) is 5.82 Å². The van der Waals surface area contributed by atoms with Crippen LogP contribution in [0.2, 0.25) is 0 Å². The molecule has 2 saturated heterocycles. The second kappa shape index (κ2) is 7.44. The maximum Gasteiger partial charge on any atom is 0.274 e. The van der Waals surface area contributed by atoms with E-state index in [4.69, 9.17) is 4.74 Å². The van der Waals surface area contributed by atoms with Crippen LogP contribution in [0.25, 0.3) is 11.3 Å². The van der Waals surface area contributed by atoms with E-state index < -0.39 is 21.4 Å². The first kappa shape index (κ1) is 19.7. The zero-order valence-corrected chi connectivity index (χ0v) is 17.3. The summed E-state index contributed by atoms with van der Waals surface area (Å²) in [7, 11) is -3.93. The fourth-order valence-electron chi connectivity index (χ4n) is 4.56. The molecule has 3 aliphatic rings. The number of morpholine rings is 1. The molecule has 3 aliphatic heterocycles. The number of carbonyl (C=O) groups excluding carboxylic acids is 1. The van der Waals surface area contributed by atoms with E-state index in [0.717, 1.165) is 25.5 Å². The van der Waals surface area contributed by atoms with Gasteiger partial charge in [-0.15, -0.1) is 0 Å². The Morgan fingerprint density at radius 1 is 1.27 bits per heavy atom. The summed E-state index contributed by atoms with van der Waals surface area (Å²) in [5.74, 6) is -1.50. The van der Waals surface area contributed by atoms with Crippen molar-refractivity contribution in [2.75, 3.05) is 39.4 Å². The number of hydrogen-bond acceptors (Lipinski definition) is 6. The number of nitrogens with one attached hydrogen (secondary N) is 1. The molecule has 0 unspecified atom stereocenters. The number of aromatic nitrogens is 2. The first-order valence-electron chi connectivity index (χ1n) is 10.2. The van der Waals surface area contributed by atoms with Gasteiger partial charge in [0.2, 0.25) is 0 Å². The molecule has 2 fully saturated rings. The van der Waals surface area contributed by atoms with Gasteiger partial charge in [0.15, 0.2) is 15.5 Å². The van der Waals surface area contributed by atoms with Crippen LogP contribution in [0.3, 0.4) is 0 Å². The Bertz CT molecular complexity index is 1100. The maximum absolute atomic E-state index is 14.6. The fourth-order valence-corrected chi connectivity index (χ4v) is 6.22. The van der Waals surface area contributed by atoms with Crippen molar-refractivity contribution in [1.29, 1.82) is 0 Å². The Hall–Kier alpha value is -2.30. The molecule has 160 valence electrons. The van der Waals surface area contributed by atoms with E-state index in [1.165, 1.54) is 6.07 Å². The SMILES string of the molecule is O=C(c1nn([C@H]2CCCNC2)c2c1CS(=O)(=O)c1c(F)cccc1-2)N1CCOCC1. The molecule has 2 aromatic rings. The molecule has 0 radical (unpaired) electrons. The molecule has 1 aromatic carbocycles. The normalized spacial score (nSPS) is 23.0. The standard InChI is InChI=1S/C20H23FN4O4S/c21-16-5-1-4-14-18-15(12-30(27,28)19(14)16)17(20(26)24-7-9-29-10-8-24)23-25(18)13-3-2-6-22-11-13/h1,4-5,13,22H,2-3,6-12H2/t13-/m0/s1. The average molecular weight is 434 g/mol. The van der Waals surface area contributed by atoms with Gasteiger partial charge in [0, 0.05) is 30.8 Å². The number of hydrogen-bond donors (Lipinski definition) is 1. The van der Waals surface area contributed by atoms with Crippen LogP contribution in [0.4, 0.5) is 4.39 Å². The summed E-state index contributed by atoms with van der Waals surface area (Å²) in [5, 5.41) is 7.97. The fraction of sp³-hybridized carbons (Fsp3) is 0.500. The van der Waals surface area contributed by atoms with Crippen LogP contribution >= 0.6 is 0 Å². The lowest BCUT2D eigenvalue weighted by molar-refractivity contribution is 0.0297. The minimum Gasteiger partial charge on any atom is -0.378 e. The van der Waals surface area contributed by atoms with Crippen LogP contribution in [0.5, 0.6) is 0 Å². The summed E-state index contributed by atoms with van der Waals surface area (Å²) in [4.78, 5) is 14.6. The third-order valence-corrected chi connectivity index (χ3v) is 7.70. The van der Waals surface area contributed by atoms with Gasteiger partial charge in [0.05, 0.1) is 30.7 Å². The van der Waals surface area contributed by atoms with E-state index in [9.17, 15) is 17.6 Å². The van der Waals surface area contributed by atoms with Gasteiger partial charge in [-0.1, -0.05) is 12.1 Å². The highest BCUT2D eigenvalue weighted by molar-refractivity contribution is 7.91. The van der Waals surface area contributed by atoms with E-state index in [1.54, 1.807) is 15.6 Å². The van der Waals surface area contributed by atoms with E-state index in [0.29, 0.717) is 44.1 Å². The molecular weight excluding hydrogens is 411 g/mol. The molecule has 1 amide bonds. The van der Waals surface area contributed by atoms with Crippen molar-refractivity contribution in [2.24, 2.45) is 0 Å². The summed E-state index contributed by atoms with van der Waals surface area (Å²) < 4.78 is 47.6. The van der Waals surface area contributed by atoms with Crippen molar-refractivity contribution in [2.45, 2.75) is 29.5 Å². The first-order chi connectivity index (χ1) is 14.5. The van der Waals surface area contributed by atoms with Crippen LogP contribution < -0.4 is 5.32 Å². The van der Waals surface area contributed by atoms with E-state index >= 15 is 0 Å². The summed E-state index contributed by atoms with van der Waals surface area (Å²) in [6.07, 6.45) is 1.80. The second-order valence-electron chi connectivity index (χ2n) is 7.90. The number of nitrogens with zero attached hydrogens (tertiary/aromatic N) is 3. The molecule has 0 bridgehead atoms. The van der Waals surface area contributed by atoms with Gasteiger partial charge in [-0.3, -0.25) is 9.48 Å². The average Bonchev–Trinajstić information content (AvgIpc) is 3.13. The van der Waals surface area contributed by atoms with Gasteiger partial charge in [-0.05, 0) is 25.5 Å². The van der Waals surface area contributed by atoms with Crippen molar-refractivity contribution < 1.29 is 22.3 Å².